The standard InChI is InChI=1S/C30H23IO5/c1-33-23-14-12-22(13-15-23)25-16-24(32)28-26(34-18-20-8-4-2-5-9-20)17-27(29(31)30(28)36-25)35-19-21-10-6-3-7-11-21/h2-17H,18-19H2,1H3. The van der Waals surface area contributed by atoms with E-state index >= 15 is 0 Å². The van der Waals surface area contributed by atoms with Crippen LogP contribution in [0.1, 0.15) is 11.1 Å². The average Bonchev–Trinajstić information content (AvgIpc) is 2.93. The molecule has 36 heavy (non-hydrogen) atoms. The van der Waals surface area contributed by atoms with Gasteiger partial charge in [-0.3, -0.25) is 4.79 Å². The van der Waals surface area contributed by atoms with E-state index in [9.17, 15) is 4.79 Å². The third-order valence-electron chi connectivity index (χ3n) is 5.72. The molecule has 0 radical (unpaired) electrons. The fraction of sp³-hybridized carbons (Fsp3) is 0.100. The molecule has 5 nitrogen and oxygen atoms in total. The maximum absolute atomic E-state index is 13.4. The van der Waals surface area contributed by atoms with Gasteiger partial charge in [-0.05, 0) is 58.0 Å². The maximum atomic E-state index is 13.4. The Morgan fingerprint density at radius 1 is 0.750 bits per heavy atom. The van der Waals surface area contributed by atoms with Crippen molar-refractivity contribution in [3.8, 4) is 28.6 Å². The Kier molecular flexibility index (Phi) is 7.23. The lowest BCUT2D eigenvalue weighted by Crippen LogP contribution is -2.07. The summed E-state index contributed by atoms with van der Waals surface area (Å²) in [5, 5.41) is 0.389. The third kappa shape index (κ3) is 5.23. The Morgan fingerprint density at radius 2 is 1.33 bits per heavy atom. The van der Waals surface area contributed by atoms with Gasteiger partial charge in [-0.1, -0.05) is 60.7 Å². The van der Waals surface area contributed by atoms with Crippen LogP contribution in [0.25, 0.3) is 22.3 Å². The Bertz CT molecular complexity index is 1530. The number of hydrogen-bond acceptors (Lipinski definition) is 5. The van der Waals surface area contributed by atoms with E-state index in [1.807, 2.05) is 84.9 Å². The van der Waals surface area contributed by atoms with Crippen molar-refractivity contribution in [1.29, 1.82) is 0 Å². The second-order valence-electron chi connectivity index (χ2n) is 8.14. The van der Waals surface area contributed by atoms with Crippen molar-refractivity contribution in [1.82, 2.24) is 0 Å². The quantitative estimate of drug-likeness (QED) is 0.179. The van der Waals surface area contributed by atoms with Gasteiger partial charge < -0.3 is 18.6 Å². The largest absolute Gasteiger partial charge is 0.497 e. The molecule has 0 aliphatic carbocycles. The summed E-state index contributed by atoms with van der Waals surface area (Å²) in [6.45, 7) is 0.692. The zero-order valence-corrected chi connectivity index (χ0v) is 21.7. The minimum Gasteiger partial charge on any atom is -0.497 e. The van der Waals surface area contributed by atoms with Crippen molar-refractivity contribution in [3.05, 3.63) is 122 Å². The minimum atomic E-state index is -0.183. The molecule has 1 aromatic heterocycles. The van der Waals surface area contributed by atoms with Gasteiger partial charge >= 0.3 is 0 Å². The summed E-state index contributed by atoms with van der Waals surface area (Å²) in [7, 11) is 1.61. The summed E-state index contributed by atoms with van der Waals surface area (Å²) in [4.78, 5) is 13.4. The number of hydrogen-bond donors (Lipinski definition) is 0. The lowest BCUT2D eigenvalue weighted by Gasteiger charge is -2.15. The van der Waals surface area contributed by atoms with E-state index in [0.717, 1.165) is 22.4 Å². The molecule has 5 aromatic rings. The number of halogens is 1. The van der Waals surface area contributed by atoms with Crippen LogP contribution in [0.2, 0.25) is 0 Å². The van der Waals surface area contributed by atoms with Gasteiger partial charge in [-0.2, -0.15) is 0 Å². The van der Waals surface area contributed by atoms with Gasteiger partial charge in [-0.15, -0.1) is 0 Å². The number of rotatable bonds is 8. The van der Waals surface area contributed by atoms with E-state index in [0.29, 0.717) is 45.0 Å². The smallest absolute Gasteiger partial charge is 0.197 e. The molecule has 0 amide bonds. The summed E-state index contributed by atoms with van der Waals surface area (Å²) in [6.07, 6.45) is 0. The van der Waals surface area contributed by atoms with Crippen molar-refractivity contribution in [3.63, 3.8) is 0 Å². The van der Waals surface area contributed by atoms with Crippen molar-refractivity contribution < 1.29 is 18.6 Å². The molecule has 0 spiro atoms. The van der Waals surface area contributed by atoms with Crippen molar-refractivity contribution in [2.24, 2.45) is 0 Å². The van der Waals surface area contributed by atoms with E-state index in [-0.39, 0.29) is 5.43 Å². The maximum Gasteiger partial charge on any atom is 0.197 e. The molecular weight excluding hydrogens is 567 g/mol. The highest BCUT2D eigenvalue weighted by Crippen LogP contribution is 2.38. The minimum absolute atomic E-state index is 0.183. The first-order valence-electron chi connectivity index (χ1n) is 11.4. The highest BCUT2D eigenvalue weighted by Gasteiger charge is 2.20. The predicted molar refractivity (Wildman–Crippen MR) is 149 cm³/mol. The lowest BCUT2D eigenvalue weighted by molar-refractivity contribution is 0.290. The van der Waals surface area contributed by atoms with Gasteiger partial charge in [0.15, 0.2) is 11.0 Å². The molecule has 0 aliphatic heterocycles. The molecule has 180 valence electrons. The first-order chi connectivity index (χ1) is 17.6. The highest BCUT2D eigenvalue weighted by atomic mass is 127. The van der Waals surface area contributed by atoms with Gasteiger partial charge in [0.1, 0.15) is 41.6 Å². The average molecular weight is 590 g/mol. The molecule has 0 fully saturated rings. The molecule has 1 heterocycles. The first kappa shape index (κ1) is 23.9. The van der Waals surface area contributed by atoms with E-state index in [1.165, 1.54) is 6.07 Å². The molecule has 5 rings (SSSR count). The fourth-order valence-electron chi connectivity index (χ4n) is 3.83. The van der Waals surface area contributed by atoms with Crippen molar-refractivity contribution >= 4 is 33.6 Å². The van der Waals surface area contributed by atoms with Gasteiger partial charge in [-0.25, -0.2) is 0 Å². The molecule has 0 unspecified atom stereocenters. The topological polar surface area (TPSA) is 57.9 Å². The molecule has 4 aromatic carbocycles. The van der Waals surface area contributed by atoms with Crippen LogP contribution in [-0.4, -0.2) is 7.11 Å². The number of fused-ring (bicyclic) bond motifs is 1. The monoisotopic (exact) mass is 590 g/mol. The SMILES string of the molecule is COc1ccc(-c2cc(=O)c3c(OCc4ccccc4)cc(OCc4ccccc4)c(I)c3o2)cc1. The summed E-state index contributed by atoms with van der Waals surface area (Å²) in [5.41, 5.74) is 3.05. The van der Waals surface area contributed by atoms with Gasteiger partial charge in [0, 0.05) is 17.7 Å². The zero-order chi connectivity index (χ0) is 24.9. The van der Waals surface area contributed by atoms with Crippen LogP contribution in [0.3, 0.4) is 0 Å². The van der Waals surface area contributed by atoms with Crippen LogP contribution >= 0.6 is 22.6 Å². The van der Waals surface area contributed by atoms with E-state index < -0.39 is 0 Å². The van der Waals surface area contributed by atoms with Crippen molar-refractivity contribution in [2.75, 3.05) is 7.11 Å². The van der Waals surface area contributed by atoms with E-state index in [1.54, 1.807) is 13.2 Å². The van der Waals surface area contributed by atoms with Crippen LogP contribution in [0.4, 0.5) is 0 Å². The molecule has 0 atom stereocenters. The number of benzene rings is 4. The van der Waals surface area contributed by atoms with E-state index in [4.69, 9.17) is 18.6 Å². The van der Waals surface area contributed by atoms with E-state index in [2.05, 4.69) is 22.6 Å². The molecular formula is C30H23IO5. The summed E-state index contributed by atoms with van der Waals surface area (Å²) >= 11 is 2.17. The zero-order valence-electron chi connectivity index (χ0n) is 19.6. The van der Waals surface area contributed by atoms with Crippen LogP contribution in [0.5, 0.6) is 17.2 Å². The lowest BCUT2D eigenvalue weighted by atomic mass is 10.1. The fourth-order valence-corrected chi connectivity index (χ4v) is 4.53. The Hall–Kier alpha value is -3.78. The molecule has 0 aliphatic rings. The summed E-state index contributed by atoms with van der Waals surface area (Å²) in [6, 6.07) is 30.4. The molecule has 0 saturated carbocycles. The Balaban J connectivity index is 1.59. The highest BCUT2D eigenvalue weighted by molar-refractivity contribution is 14.1. The van der Waals surface area contributed by atoms with Crippen LogP contribution in [0, 0.1) is 3.57 Å². The van der Waals surface area contributed by atoms with Gasteiger partial charge in [0.25, 0.3) is 0 Å². The Morgan fingerprint density at radius 3 is 1.92 bits per heavy atom. The first-order valence-corrected chi connectivity index (χ1v) is 12.5. The van der Waals surface area contributed by atoms with Gasteiger partial charge in [0.05, 0.1) is 10.7 Å². The Labute approximate surface area is 222 Å². The predicted octanol–water partition coefficient (Wildman–Crippen LogP) is 7.23. The second kappa shape index (κ2) is 10.9. The molecule has 6 heteroatoms. The number of methoxy groups -OCH3 is 1. The summed E-state index contributed by atoms with van der Waals surface area (Å²) in [5.74, 6) is 2.20. The van der Waals surface area contributed by atoms with Crippen LogP contribution in [0.15, 0.2) is 106 Å². The molecule has 0 N–H and O–H groups in total. The van der Waals surface area contributed by atoms with Crippen LogP contribution < -0.4 is 19.6 Å². The summed E-state index contributed by atoms with van der Waals surface area (Å²) < 4.78 is 24.6. The van der Waals surface area contributed by atoms with Gasteiger partial charge in [0.2, 0.25) is 0 Å². The van der Waals surface area contributed by atoms with Crippen LogP contribution in [-0.2, 0) is 13.2 Å². The molecule has 0 saturated heterocycles. The molecule has 0 bridgehead atoms. The third-order valence-corrected chi connectivity index (χ3v) is 6.74. The normalized spacial score (nSPS) is 10.8. The van der Waals surface area contributed by atoms with Crippen molar-refractivity contribution in [2.45, 2.75) is 13.2 Å². The number of ether oxygens (including phenoxy) is 3. The second-order valence-corrected chi connectivity index (χ2v) is 9.22.